The first-order valence-corrected chi connectivity index (χ1v) is 5.02. The zero-order valence-electron chi connectivity index (χ0n) is 8.26. The second-order valence-electron chi connectivity index (χ2n) is 3.31. The van der Waals surface area contributed by atoms with E-state index in [-0.39, 0.29) is 0 Å². The molecule has 0 radical (unpaired) electrons. The van der Waals surface area contributed by atoms with Gasteiger partial charge in [0.15, 0.2) is 0 Å². The van der Waals surface area contributed by atoms with Crippen molar-refractivity contribution in [2.24, 2.45) is 10.4 Å². The molecule has 0 aromatic carbocycles. The zero-order valence-corrected chi connectivity index (χ0v) is 8.26. The molecule has 0 saturated carbocycles. The standard InChI is InChI=1S/C8H16N4O2/c1-5-13-6-2-11(1)9-10-12-3-7-14-8-4-12/h1-8H2. The highest BCUT2D eigenvalue weighted by molar-refractivity contribution is 4.57. The van der Waals surface area contributed by atoms with Crippen LogP contribution < -0.4 is 0 Å². The summed E-state index contributed by atoms with van der Waals surface area (Å²) in [6, 6.07) is 0. The largest absolute Gasteiger partial charge is 0.378 e. The molecule has 0 N–H and O–H groups in total. The van der Waals surface area contributed by atoms with Gasteiger partial charge >= 0.3 is 0 Å². The fourth-order valence-corrected chi connectivity index (χ4v) is 1.40. The summed E-state index contributed by atoms with van der Waals surface area (Å²) in [4.78, 5) is 0. The number of morpholine rings is 2. The Labute approximate surface area is 83.4 Å². The lowest BCUT2D eigenvalue weighted by Gasteiger charge is -2.25. The third-order valence-electron chi connectivity index (χ3n) is 2.27. The molecular weight excluding hydrogens is 184 g/mol. The minimum absolute atomic E-state index is 0.752. The highest BCUT2D eigenvalue weighted by Crippen LogP contribution is 2.01. The quantitative estimate of drug-likeness (QED) is 0.586. The first kappa shape index (κ1) is 9.67. The predicted molar refractivity (Wildman–Crippen MR) is 49.6 cm³/mol. The van der Waals surface area contributed by atoms with Crippen molar-refractivity contribution < 1.29 is 9.47 Å². The number of rotatable bonds is 2. The zero-order chi connectivity index (χ0) is 9.64. The molecule has 0 aliphatic carbocycles. The van der Waals surface area contributed by atoms with E-state index >= 15 is 0 Å². The Hall–Kier alpha value is -0.880. The molecular formula is C8H16N4O2. The molecule has 0 amide bonds. The monoisotopic (exact) mass is 200 g/mol. The van der Waals surface area contributed by atoms with Gasteiger partial charge in [-0.3, -0.25) is 10.0 Å². The Bertz CT molecular complexity index is 168. The maximum Gasteiger partial charge on any atom is 0.0660 e. The lowest BCUT2D eigenvalue weighted by molar-refractivity contribution is 0.0114. The lowest BCUT2D eigenvalue weighted by Crippen LogP contribution is -2.35. The molecule has 2 rings (SSSR count). The summed E-state index contributed by atoms with van der Waals surface area (Å²) in [5.41, 5.74) is 0. The van der Waals surface area contributed by atoms with Crippen molar-refractivity contribution in [3.05, 3.63) is 0 Å². The average Bonchev–Trinajstić information content (AvgIpc) is 2.29. The van der Waals surface area contributed by atoms with Gasteiger partial charge in [0, 0.05) is 0 Å². The number of hydrogen-bond acceptors (Lipinski definition) is 4. The van der Waals surface area contributed by atoms with E-state index in [1.807, 2.05) is 10.0 Å². The predicted octanol–water partition coefficient (Wildman–Crippen LogP) is -0.0670. The highest BCUT2D eigenvalue weighted by Gasteiger charge is 2.10. The summed E-state index contributed by atoms with van der Waals surface area (Å²) in [5.74, 6) is 0. The SMILES string of the molecule is C1CN(N=NN2CCOCC2)CCO1. The van der Waals surface area contributed by atoms with Crippen molar-refractivity contribution in [3.63, 3.8) is 0 Å². The van der Waals surface area contributed by atoms with Gasteiger partial charge in [-0.25, -0.2) is 0 Å². The molecule has 2 aliphatic rings. The summed E-state index contributed by atoms with van der Waals surface area (Å²) in [6.45, 7) is 6.37. The molecule has 0 aromatic heterocycles. The first-order chi connectivity index (χ1) is 6.95. The van der Waals surface area contributed by atoms with Crippen molar-refractivity contribution in [2.45, 2.75) is 0 Å². The second-order valence-corrected chi connectivity index (χ2v) is 3.31. The first-order valence-electron chi connectivity index (χ1n) is 5.02. The van der Waals surface area contributed by atoms with Gasteiger partial charge in [-0.15, -0.1) is 0 Å². The summed E-state index contributed by atoms with van der Waals surface area (Å²) in [6.07, 6.45) is 0. The molecule has 0 atom stereocenters. The minimum atomic E-state index is 0.752. The van der Waals surface area contributed by atoms with Crippen LogP contribution in [0.25, 0.3) is 0 Å². The van der Waals surface area contributed by atoms with Crippen LogP contribution in [0.3, 0.4) is 0 Å². The van der Waals surface area contributed by atoms with Gasteiger partial charge in [0.25, 0.3) is 0 Å². The van der Waals surface area contributed by atoms with E-state index in [9.17, 15) is 0 Å². The van der Waals surface area contributed by atoms with E-state index in [0.717, 1.165) is 52.6 Å². The third kappa shape index (κ3) is 2.81. The lowest BCUT2D eigenvalue weighted by atomic mass is 10.5. The van der Waals surface area contributed by atoms with Crippen LogP contribution in [0.4, 0.5) is 0 Å². The molecule has 0 aromatic rings. The molecule has 6 heteroatoms. The molecule has 2 aliphatic heterocycles. The van der Waals surface area contributed by atoms with Gasteiger partial charge in [-0.05, 0) is 0 Å². The molecule has 0 unspecified atom stereocenters. The Morgan fingerprint density at radius 1 is 0.643 bits per heavy atom. The van der Waals surface area contributed by atoms with E-state index < -0.39 is 0 Å². The average molecular weight is 200 g/mol. The smallest absolute Gasteiger partial charge is 0.0660 e. The molecule has 0 spiro atoms. The topological polar surface area (TPSA) is 49.7 Å². The molecule has 0 bridgehead atoms. The second kappa shape index (κ2) is 5.11. The fourth-order valence-electron chi connectivity index (χ4n) is 1.40. The molecule has 2 saturated heterocycles. The van der Waals surface area contributed by atoms with Gasteiger partial charge in [0.2, 0.25) is 0 Å². The Morgan fingerprint density at radius 3 is 1.36 bits per heavy atom. The van der Waals surface area contributed by atoms with Crippen LogP contribution in [-0.2, 0) is 9.47 Å². The van der Waals surface area contributed by atoms with Gasteiger partial charge in [-0.1, -0.05) is 10.4 Å². The van der Waals surface area contributed by atoms with E-state index in [0.29, 0.717) is 0 Å². The Morgan fingerprint density at radius 2 is 1.00 bits per heavy atom. The molecule has 2 heterocycles. The molecule has 6 nitrogen and oxygen atoms in total. The number of ether oxygens (including phenoxy) is 2. The van der Waals surface area contributed by atoms with Crippen LogP contribution in [-0.4, -0.2) is 62.6 Å². The van der Waals surface area contributed by atoms with Gasteiger partial charge < -0.3 is 9.47 Å². The van der Waals surface area contributed by atoms with Crippen molar-refractivity contribution in [2.75, 3.05) is 52.6 Å². The normalized spacial score (nSPS) is 24.6. The van der Waals surface area contributed by atoms with Crippen molar-refractivity contribution in [1.29, 1.82) is 0 Å². The molecule has 14 heavy (non-hydrogen) atoms. The maximum atomic E-state index is 5.21. The van der Waals surface area contributed by atoms with E-state index in [2.05, 4.69) is 10.4 Å². The number of hydrogen-bond donors (Lipinski definition) is 0. The van der Waals surface area contributed by atoms with Crippen LogP contribution in [0, 0.1) is 0 Å². The van der Waals surface area contributed by atoms with Gasteiger partial charge in [0.05, 0.1) is 52.6 Å². The third-order valence-corrected chi connectivity index (χ3v) is 2.27. The van der Waals surface area contributed by atoms with Gasteiger partial charge in [-0.2, -0.15) is 0 Å². The van der Waals surface area contributed by atoms with Crippen LogP contribution in [0.2, 0.25) is 0 Å². The fraction of sp³-hybridized carbons (Fsp3) is 1.00. The number of nitrogens with zero attached hydrogens (tertiary/aromatic N) is 4. The minimum Gasteiger partial charge on any atom is -0.378 e. The Kier molecular flexibility index (Phi) is 3.53. The van der Waals surface area contributed by atoms with Crippen molar-refractivity contribution in [3.8, 4) is 0 Å². The van der Waals surface area contributed by atoms with Crippen LogP contribution >= 0.6 is 0 Å². The van der Waals surface area contributed by atoms with E-state index in [1.54, 1.807) is 0 Å². The summed E-state index contributed by atoms with van der Waals surface area (Å²) < 4.78 is 10.4. The van der Waals surface area contributed by atoms with Crippen molar-refractivity contribution >= 4 is 0 Å². The maximum absolute atomic E-state index is 5.21. The highest BCUT2D eigenvalue weighted by atomic mass is 16.5. The van der Waals surface area contributed by atoms with Crippen LogP contribution in [0.1, 0.15) is 0 Å². The van der Waals surface area contributed by atoms with Crippen LogP contribution in [0.5, 0.6) is 0 Å². The molecule has 80 valence electrons. The summed E-state index contributed by atoms with van der Waals surface area (Å²) in [7, 11) is 0. The van der Waals surface area contributed by atoms with E-state index in [4.69, 9.17) is 9.47 Å². The summed E-state index contributed by atoms with van der Waals surface area (Å²) in [5, 5.41) is 12.2. The van der Waals surface area contributed by atoms with Crippen LogP contribution in [0.15, 0.2) is 10.4 Å². The molecule has 2 fully saturated rings. The Balaban J connectivity index is 1.73. The van der Waals surface area contributed by atoms with E-state index in [1.165, 1.54) is 0 Å². The van der Waals surface area contributed by atoms with Gasteiger partial charge in [0.1, 0.15) is 0 Å². The van der Waals surface area contributed by atoms with Crippen molar-refractivity contribution in [1.82, 2.24) is 10.0 Å². The summed E-state index contributed by atoms with van der Waals surface area (Å²) >= 11 is 0.